The first-order chi connectivity index (χ1) is 9.91. The number of hydrogen-bond acceptors (Lipinski definition) is 2. The molecule has 1 atom stereocenters. The Morgan fingerprint density at radius 3 is 2.19 bits per heavy atom. The van der Waals surface area contributed by atoms with Crippen molar-refractivity contribution in [3.05, 3.63) is 35.4 Å². The van der Waals surface area contributed by atoms with E-state index >= 15 is 0 Å². The Morgan fingerprint density at radius 2 is 1.71 bits per heavy atom. The molecule has 2 nitrogen and oxygen atoms in total. The van der Waals surface area contributed by atoms with Gasteiger partial charge >= 0.3 is 6.18 Å². The van der Waals surface area contributed by atoms with Gasteiger partial charge in [-0.2, -0.15) is 13.2 Å². The van der Waals surface area contributed by atoms with Gasteiger partial charge < -0.3 is 9.47 Å². The highest BCUT2D eigenvalue weighted by atomic mass is 19.4. The number of ether oxygens (including phenoxy) is 2. The third-order valence-electron chi connectivity index (χ3n) is 3.86. The maximum absolute atomic E-state index is 12.5. The van der Waals surface area contributed by atoms with Gasteiger partial charge in [0.15, 0.2) is 6.29 Å². The molecule has 118 valence electrons. The van der Waals surface area contributed by atoms with Crippen molar-refractivity contribution in [1.82, 2.24) is 0 Å². The van der Waals surface area contributed by atoms with Gasteiger partial charge in [-0.25, -0.2) is 0 Å². The Labute approximate surface area is 123 Å². The molecular formula is C16H21F3O2. The average Bonchev–Trinajstić information content (AvgIpc) is 2.47. The van der Waals surface area contributed by atoms with Crippen LogP contribution in [0.3, 0.4) is 0 Å². The zero-order valence-corrected chi connectivity index (χ0v) is 12.3. The van der Waals surface area contributed by atoms with Gasteiger partial charge in [0, 0.05) is 11.8 Å². The molecule has 0 spiro atoms. The minimum Gasteiger partial charge on any atom is -0.352 e. The summed E-state index contributed by atoms with van der Waals surface area (Å²) in [5.74, 6) is 0.334. The molecule has 1 heterocycles. The first-order valence-corrected chi connectivity index (χ1v) is 7.32. The Morgan fingerprint density at radius 1 is 1.14 bits per heavy atom. The average molecular weight is 302 g/mol. The molecule has 0 aliphatic carbocycles. The van der Waals surface area contributed by atoms with Crippen molar-refractivity contribution in [2.24, 2.45) is 5.92 Å². The Kier molecular flexibility index (Phi) is 5.27. The molecule has 0 radical (unpaired) electrons. The molecule has 1 aliphatic heterocycles. The summed E-state index contributed by atoms with van der Waals surface area (Å²) in [7, 11) is 0. The van der Waals surface area contributed by atoms with Gasteiger partial charge in [0.05, 0.1) is 18.8 Å². The molecule has 1 aliphatic rings. The van der Waals surface area contributed by atoms with Crippen LogP contribution in [0.4, 0.5) is 13.2 Å². The first-order valence-electron chi connectivity index (χ1n) is 7.32. The summed E-state index contributed by atoms with van der Waals surface area (Å²) >= 11 is 0. The summed E-state index contributed by atoms with van der Waals surface area (Å²) < 4.78 is 49.0. The number of alkyl halides is 3. The fourth-order valence-corrected chi connectivity index (χ4v) is 2.55. The van der Waals surface area contributed by atoms with Crippen molar-refractivity contribution in [3.63, 3.8) is 0 Å². The van der Waals surface area contributed by atoms with Gasteiger partial charge in [-0.05, 0) is 24.1 Å². The third kappa shape index (κ3) is 4.20. The smallest absolute Gasteiger partial charge is 0.352 e. The second kappa shape index (κ2) is 6.79. The van der Waals surface area contributed by atoms with Gasteiger partial charge in [-0.1, -0.05) is 32.4 Å². The minimum absolute atomic E-state index is 0.0881. The van der Waals surface area contributed by atoms with Crippen molar-refractivity contribution < 1.29 is 22.6 Å². The van der Waals surface area contributed by atoms with Crippen LogP contribution in [0, 0.1) is 5.92 Å². The standard InChI is InChI=1S/C16H21F3O2/c1-3-4-12-9-20-15(21-10-12)11(2)13-5-7-14(8-6-13)16(17,18)19/h5-8,11-12,15H,3-4,9-10H2,1-2H3. The number of benzene rings is 1. The van der Waals surface area contributed by atoms with E-state index in [0.29, 0.717) is 19.1 Å². The van der Waals surface area contributed by atoms with E-state index in [2.05, 4.69) is 6.92 Å². The van der Waals surface area contributed by atoms with Crippen molar-refractivity contribution in [2.45, 2.75) is 45.1 Å². The predicted octanol–water partition coefficient (Wildman–Crippen LogP) is 4.60. The quantitative estimate of drug-likeness (QED) is 0.809. The van der Waals surface area contributed by atoms with Gasteiger partial charge in [-0.3, -0.25) is 0 Å². The molecule has 1 aromatic carbocycles. The molecule has 21 heavy (non-hydrogen) atoms. The predicted molar refractivity (Wildman–Crippen MR) is 73.9 cm³/mol. The molecule has 1 aromatic rings. The Bertz CT molecular complexity index is 434. The molecule has 2 rings (SSSR count). The molecule has 0 saturated carbocycles. The molecule has 1 unspecified atom stereocenters. The highest BCUT2D eigenvalue weighted by Gasteiger charge is 2.31. The second-order valence-corrected chi connectivity index (χ2v) is 5.60. The number of rotatable bonds is 4. The van der Waals surface area contributed by atoms with Crippen LogP contribution in [0.15, 0.2) is 24.3 Å². The number of hydrogen-bond donors (Lipinski definition) is 0. The summed E-state index contributed by atoms with van der Waals surface area (Å²) in [4.78, 5) is 0. The fraction of sp³-hybridized carbons (Fsp3) is 0.625. The minimum atomic E-state index is -4.30. The van der Waals surface area contributed by atoms with E-state index in [1.807, 2.05) is 6.92 Å². The van der Waals surface area contributed by atoms with Crippen LogP contribution in [-0.4, -0.2) is 19.5 Å². The summed E-state index contributed by atoms with van der Waals surface area (Å²) in [5, 5.41) is 0. The van der Waals surface area contributed by atoms with E-state index in [1.54, 1.807) is 0 Å². The van der Waals surface area contributed by atoms with Crippen LogP contribution < -0.4 is 0 Å². The van der Waals surface area contributed by atoms with Crippen molar-refractivity contribution >= 4 is 0 Å². The van der Waals surface area contributed by atoms with Crippen molar-refractivity contribution in [3.8, 4) is 0 Å². The van der Waals surface area contributed by atoms with Crippen LogP contribution in [0.5, 0.6) is 0 Å². The molecular weight excluding hydrogens is 281 g/mol. The highest BCUT2D eigenvalue weighted by molar-refractivity contribution is 5.27. The maximum Gasteiger partial charge on any atom is 0.416 e. The van der Waals surface area contributed by atoms with E-state index in [-0.39, 0.29) is 12.2 Å². The van der Waals surface area contributed by atoms with Crippen LogP contribution in [-0.2, 0) is 15.7 Å². The normalized spacial score (nSPS) is 24.8. The van der Waals surface area contributed by atoms with Crippen LogP contribution >= 0.6 is 0 Å². The van der Waals surface area contributed by atoms with Crippen molar-refractivity contribution in [2.75, 3.05) is 13.2 Å². The monoisotopic (exact) mass is 302 g/mol. The molecule has 5 heteroatoms. The van der Waals surface area contributed by atoms with E-state index in [0.717, 1.165) is 30.5 Å². The maximum atomic E-state index is 12.5. The van der Waals surface area contributed by atoms with Crippen LogP contribution in [0.1, 0.15) is 43.7 Å². The summed E-state index contributed by atoms with van der Waals surface area (Å²) in [6, 6.07) is 5.21. The Hall–Kier alpha value is -1.07. The molecule has 0 bridgehead atoms. The van der Waals surface area contributed by atoms with E-state index in [4.69, 9.17) is 9.47 Å². The molecule has 1 fully saturated rings. The number of halogens is 3. The summed E-state index contributed by atoms with van der Waals surface area (Å²) in [5.41, 5.74) is 0.161. The lowest BCUT2D eigenvalue weighted by molar-refractivity contribution is -0.210. The summed E-state index contributed by atoms with van der Waals surface area (Å²) in [6.07, 6.45) is -2.51. The zero-order valence-electron chi connectivity index (χ0n) is 12.3. The van der Waals surface area contributed by atoms with Crippen LogP contribution in [0.2, 0.25) is 0 Å². The van der Waals surface area contributed by atoms with E-state index < -0.39 is 11.7 Å². The van der Waals surface area contributed by atoms with Crippen LogP contribution in [0.25, 0.3) is 0 Å². The van der Waals surface area contributed by atoms with Gasteiger partial charge in [-0.15, -0.1) is 0 Å². The van der Waals surface area contributed by atoms with E-state index in [9.17, 15) is 13.2 Å². The highest BCUT2D eigenvalue weighted by Crippen LogP contribution is 2.32. The molecule has 0 amide bonds. The van der Waals surface area contributed by atoms with Gasteiger partial charge in [0.2, 0.25) is 0 Å². The van der Waals surface area contributed by atoms with Crippen molar-refractivity contribution in [1.29, 1.82) is 0 Å². The lowest BCUT2D eigenvalue weighted by Crippen LogP contribution is -2.35. The summed E-state index contributed by atoms with van der Waals surface area (Å²) in [6.45, 7) is 5.34. The second-order valence-electron chi connectivity index (χ2n) is 5.60. The lowest BCUT2D eigenvalue weighted by atomic mass is 9.98. The molecule has 0 aromatic heterocycles. The van der Waals surface area contributed by atoms with E-state index in [1.165, 1.54) is 12.1 Å². The molecule has 1 saturated heterocycles. The largest absolute Gasteiger partial charge is 0.416 e. The fourth-order valence-electron chi connectivity index (χ4n) is 2.55. The molecule has 0 N–H and O–H groups in total. The Balaban J connectivity index is 1.96. The first kappa shape index (κ1) is 16.3. The lowest BCUT2D eigenvalue weighted by Gasteiger charge is -2.33. The SMILES string of the molecule is CCCC1COC(C(C)c2ccc(C(F)(F)F)cc2)OC1. The topological polar surface area (TPSA) is 18.5 Å². The third-order valence-corrected chi connectivity index (χ3v) is 3.86. The van der Waals surface area contributed by atoms with Gasteiger partial charge in [0.25, 0.3) is 0 Å². The zero-order chi connectivity index (χ0) is 15.5. The van der Waals surface area contributed by atoms with Gasteiger partial charge in [0.1, 0.15) is 0 Å².